The van der Waals surface area contributed by atoms with E-state index in [1.165, 1.54) is 12.1 Å². The smallest absolute Gasteiger partial charge is 0.191 e. The zero-order valence-corrected chi connectivity index (χ0v) is 14.5. The predicted octanol–water partition coefficient (Wildman–Crippen LogP) is 2.62. The number of nitrogens with one attached hydrogen (secondary N) is 2. The molecule has 0 spiro atoms. The fourth-order valence-electron chi connectivity index (χ4n) is 2.28. The maximum atomic E-state index is 12.9. The van der Waals surface area contributed by atoms with Crippen LogP contribution in [0.1, 0.15) is 24.2 Å². The largest absolute Gasteiger partial charge is 0.497 e. The van der Waals surface area contributed by atoms with Crippen molar-refractivity contribution in [2.75, 3.05) is 20.2 Å². The standard InChI is InChI=1S/C19H24FN3O2/c1-3-21-19(22-12-14-5-4-6-17(11-14)25-2)23-13-18(24)15-7-9-16(20)10-8-15/h4-11,18,24H,3,12-13H2,1-2H3,(H2,21,22,23). The number of benzene rings is 2. The van der Waals surface area contributed by atoms with E-state index >= 15 is 0 Å². The van der Waals surface area contributed by atoms with Crippen molar-refractivity contribution in [3.05, 3.63) is 65.5 Å². The number of methoxy groups -OCH3 is 1. The summed E-state index contributed by atoms with van der Waals surface area (Å²) in [5.74, 6) is 1.07. The summed E-state index contributed by atoms with van der Waals surface area (Å²) in [4.78, 5) is 4.51. The van der Waals surface area contributed by atoms with Gasteiger partial charge in [0.25, 0.3) is 0 Å². The first-order chi connectivity index (χ1) is 12.1. The summed E-state index contributed by atoms with van der Waals surface area (Å²) in [6, 6.07) is 13.5. The lowest BCUT2D eigenvalue weighted by Gasteiger charge is -2.15. The van der Waals surface area contributed by atoms with E-state index in [-0.39, 0.29) is 12.4 Å². The van der Waals surface area contributed by atoms with Crippen LogP contribution in [0.3, 0.4) is 0 Å². The average molecular weight is 345 g/mol. The molecule has 0 aliphatic carbocycles. The van der Waals surface area contributed by atoms with Crippen LogP contribution in [0.25, 0.3) is 0 Å². The lowest BCUT2D eigenvalue weighted by molar-refractivity contribution is 0.180. The van der Waals surface area contributed by atoms with E-state index in [1.54, 1.807) is 19.2 Å². The van der Waals surface area contributed by atoms with Crippen molar-refractivity contribution in [1.29, 1.82) is 0 Å². The molecule has 2 aromatic rings. The Morgan fingerprint density at radius 3 is 2.64 bits per heavy atom. The van der Waals surface area contributed by atoms with Crippen LogP contribution in [0.5, 0.6) is 5.75 Å². The summed E-state index contributed by atoms with van der Waals surface area (Å²) in [6.07, 6.45) is -0.749. The molecule has 1 atom stereocenters. The van der Waals surface area contributed by atoms with Gasteiger partial charge in [0.2, 0.25) is 0 Å². The number of rotatable bonds is 7. The number of aliphatic imine (C=N–C) groups is 1. The highest BCUT2D eigenvalue weighted by Crippen LogP contribution is 2.14. The van der Waals surface area contributed by atoms with Gasteiger partial charge in [-0.3, -0.25) is 0 Å². The number of hydrogen-bond donors (Lipinski definition) is 3. The Morgan fingerprint density at radius 1 is 1.20 bits per heavy atom. The maximum absolute atomic E-state index is 12.9. The molecule has 0 saturated heterocycles. The fraction of sp³-hybridized carbons (Fsp3) is 0.316. The molecule has 2 aromatic carbocycles. The number of hydrogen-bond acceptors (Lipinski definition) is 3. The zero-order valence-electron chi connectivity index (χ0n) is 14.5. The third kappa shape index (κ3) is 6.08. The predicted molar refractivity (Wildman–Crippen MR) is 97.2 cm³/mol. The summed E-state index contributed by atoms with van der Waals surface area (Å²) in [7, 11) is 1.63. The first kappa shape index (κ1) is 18.7. The Hall–Kier alpha value is -2.60. The molecule has 1 unspecified atom stereocenters. The lowest BCUT2D eigenvalue weighted by Crippen LogP contribution is -2.39. The van der Waals surface area contributed by atoms with Crippen molar-refractivity contribution in [2.24, 2.45) is 4.99 Å². The molecule has 6 heteroatoms. The second kappa shape index (κ2) is 9.64. The van der Waals surface area contributed by atoms with Crippen LogP contribution in [0.15, 0.2) is 53.5 Å². The average Bonchev–Trinajstić information content (AvgIpc) is 2.64. The summed E-state index contributed by atoms with van der Waals surface area (Å²) < 4.78 is 18.2. The SMILES string of the molecule is CCNC(=NCc1cccc(OC)c1)NCC(O)c1ccc(F)cc1. The summed E-state index contributed by atoms with van der Waals surface area (Å²) in [5.41, 5.74) is 1.67. The monoisotopic (exact) mass is 345 g/mol. The number of aliphatic hydroxyl groups is 1. The van der Waals surface area contributed by atoms with Crippen molar-refractivity contribution in [1.82, 2.24) is 10.6 Å². The normalized spacial score (nSPS) is 12.6. The lowest BCUT2D eigenvalue weighted by atomic mass is 10.1. The summed E-state index contributed by atoms with van der Waals surface area (Å²) >= 11 is 0. The van der Waals surface area contributed by atoms with Gasteiger partial charge < -0.3 is 20.5 Å². The number of guanidine groups is 1. The topological polar surface area (TPSA) is 65.9 Å². The van der Waals surface area contributed by atoms with E-state index in [1.807, 2.05) is 31.2 Å². The highest BCUT2D eigenvalue weighted by Gasteiger charge is 2.08. The minimum Gasteiger partial charge on any atom is -0.497 e. The molecule has 0 aliphatic rings. The number of aliphatic hydroxyl groups excluding tert-OH is 1. The van der Waals surface area contributed by atoms with Gasteiger partial charge in [-0.05, 0) is 42.3 Å². The van der Waals surface area contributed by atoms with Crippen LogP contribution in [-0.2, 0) is 6.54 Å². The molecule has 25 heavy (non-hydrogen) atoms. The molecule has 3 N–H and O–H groups in total. The molecular formula is C19H24FN3O2. The van der Waals surface area contributed by atoms with Crippen molar-refractivity contribution in [3.8, 4) is 5.75 Å². The first-order valence-electron chi connectivity index (χ1n) is 8.21. The fourth-order valence-corrected chi connectivity index (χ4v) is 2.28. The number of ether oxygens (including phenoxy) is 1. The highest BCUT2D eigenvalue weighted by molar-refractivity contribution is 5.79. The molecule has 0 fully saturated rings. The van der Waals surface area contributed by atoms with Crippen LogP contribution in [0.4, 0.5) is 4.39 Å². The van der Waals surface area contributed by atoms with E-state index in [4.69, 9.17) is 4.74 Å². The van der Waals surface area contributed by atoms with Gasteiger partial charge in [-0.15, -0.1) is 0 Å². The Kier molecular flexibility index (Phi) is 7.22. The number of halogens is 1. The van der Waals surface area contributed by atoms with Crippen LogP contribution < -0.4 is 15.4 Å². The second-order valence-corrected chi connectivity index (χ2v) is 5.49. The third-order valence-corrected chi connectivity index (χ3v) is 3.62. The van der Waals surface area contributed by atoms with Gasteiger partial charge in [0.05, 0.1) is 19.8 Å². The van der Waals surface area contributed by atoms with Gasteiger partial charge in [0, 0.05) is 13.1 Å². The maximum Gasteiger partial charge on any atom is 0.191 e. The van der Waals surface area contributed by atoms with Crippen LogP contribution in [0.2, 0.25) is 0 Å². The summed E-state index contributed by atoms with van der Waals surface area (Å²) in [6.45, 7) is 3.44. The van der Waals surface area contributed by atoms with Crippen molar-refractivity contribution in [3.63, 3.8) is 0 Å². The van der Waals surface area contributed by atoms with Crippen molar-refractivity contribution in [2.45, 2.75) is 19.6 Å². The molecule has 0 saturated carbocycles. The Bertz CT molecular complexity index is 689. The quantitative estimate of drug-likeness (QED) is 0.533. The molecular weight excluding hydrogens is 321 g/mol. The molecule has 134 valence electrons. The van der Waals surface area contributed by atoms with Crippen molar-refractivity contribution >= 4 is 5.96 Å². The van der Waals surface area contributed by atoms with Gasteiger partial charge in [-0.1, -0.05) is 24.3 Å². The van der Waals surface area contributed by atoms with E-state index in [2.05, 4.69) is 15.6 Å². The molecule has 0 aliphatic heterocycles. The van der Waals surface area contributed by atoms with Gasteiger partial charge in [-0.25, -0.2) is 9.38 Å². The first-order valence-corrected chi connectivity index (χ1v) is 8.21. The molecule has 0 amide bonds. The van der Waals surface area contributed by atoms with Gasteiger partial charge in [-0.2, -0.15) is 0 Å². The molecule has 0 radical (unpaired) electrons. The van der Waals surface area contributed by atoms with Gasteiger partial charge in [0.1, 0.15) is 11.6 Å². The minimum atomic E-state index is -0.749. The van der Waals surface area contributed by atoms with E-state index < -0.39 is 6.10 Å². The van der Waals surface area contributed by atoms with Crippen LogP contribution >= 0.6 is 0 Å². The highest BCUT2D eigenvalue weighted by atomic mass is 19.1. The van der Waals surface area contributed by atoms with Crippen molar-refractivity contribution < 1.29 is 14.2 Å². The number of nitrogens with zero attached hydrogens (tertiary/aromatic N) is 1. The molecule has 2 rings (SSSR count). The molecule has 0 heterocycles. The minimum absolute atomic E-state index is 0.273. The van der Waals surface area contributed by atoms with Gasteiger partial charge >= 0.3 is 0 Å². The Morgan fingerprint density at radius 2 is 1.96 bits per heavy atom. The Balaban J connectivity index is 1.95. The van der Waals surface area contributed by atoms with Gasteiger partial charge in [0.15, 0.2) is 5.96 Å². The van der Waals surface area contributed by atoms with Crippen LogP contribution in [0, 0.1) is 5.82 Å². The van der Waals surface area contributed by atoms with E-state index in [0.29, 0.717) is 24.6 Å². The molecule has 0 aromatic heterocycles. The zero-order chi connectivity index (χ0) is 18.1. The Labute approximate surface area is 147 Å². The van der Waals surface area contributed by atoms with E-state index in [9.17, 15) is 9.50 Å². The molecule has 0 bridgehead atoms. The van der Waals surface area contributed by atoms with Crippen LogP contribution in [-0.4, -0.2) is 31.3 Å². The summed E-state index contributed by atoms with van der Waals surface area (Å²) in [5, 5.41) is 16.4. The van der Waals surface area contributed by atoms with E-state index in [0.717, 1.165) is 11.3 Å². The molecule has 5 nitrogen and oxygen atoms in total. The second-order valence-electron chi connectivity index (χ2n) is 5.49. The third-order valence-electron chi connectivity index (χ3n) is 3.62.